The third kappa shape index (κ3) is 15.8. The average Bonchev–Trinajstić information content (AvgIpc) is 3.96. The van der Waals surface area contributed by atoms with Gasteiger partial charge in [0.25, 0.3) is 11.5 Å². The molecular formula is C50H62N11O17P2S+. The van der Waals surface area contributed by atoms with Gasteiger partial charge in [0.1, 0.15) is 55.5 Å². The molecule has 1 saturated carbocycles. The van der Waals surface area contributed by atoms with Crippen LogP contribution in [0.15, 0.2) is 78.2 Å². The van der Waals surface area contributed by atoms with Crippen LogP contribution in [0.2, 0.25) is 0 Å². The van der Waals surface area contributed by atoms with E-state index < -0.39 is 117 Å². The molecule has 31 heteroatoms. The highest BCUT2D eigenvalue weighted by molar-refractivity contribution is 8.07. The number of aliphatic hydroxyl groups is 1. The number of carbonyl (C=O) groups is 5. The van der Waals surface area contributed by atoms with Crippen LogP contribution in [0.25, 0.3) is 11.2 Å². The molecule has 2 aromatic carbocycles. The Balaban J connectivity index is 0.866. The molecule has 28 nitrogen and oxygen atoms in total. The Hall–Kier alpha value is -6.91. The van der Waals surface area contributed by atoms with E-state index in [9.17, 15) is 43.3 Å². The van der Waals surface area contributed by atoms with Crippen molar-refractivity contribution < 1.29 is 75.6 Å². The van der Waals surface area contributed by atoms with Gasteiger partial charge in [0.15, 0.2) is 23.5 Å². The zero-order valence-electron chi connectivity index (χ0n) is 44.9. The molecule has 2 aliphatic heterocycles. The number of hydrogen-bond acceptors (Lipinski definition) is 21. The highest BCUT2D eigenvalue weighted by Gasteiger charge is 2.53. The quantitative estimate of drug-likeness (QED) is 0.0697. The van der Waals surface area contributed by atoms with Crippen LogP contribution in [0.4, 0.5) is 21.2 Å². The summed E-state index contributed by atoms with van der Waals surface area (Å²) in [6, 6.07) is 12.5. The minimum atomic E-state index is -4.00. The summed E-state index contributed by atoms with van der Waals surface area (Å²) < 4.78 is 60.7. The van der Waals surface area contributed by atoms with Gasteiger partial charge in [-0.2, -0.15) is 4.98 Å². The maximum absolute atomic E-state index is 13.9. The first kappa shape index (κ1) is 60.2. The molecular weight excluding hydrogens is 1120 g/mol. The molecule has 5 aromatic rings. The number of aliphatic hydroxyl groups excluding tert-OH is 1. The van der Waals surface area contributed by atoms with Crippen LogP contribution in [0, 0.1) is 11.8 Å². The Morgan fingerprint density at radius 2 is 1.74 bits per heavy atom. The fourth-order valence-electron chi connectivity index (χ4n) is 8.88. The number of amides is 5. The Morgan fingerprint density at radius 1 is 0.988 bits per heavy atom. The van der Waals surface area contributed by atoms with Gasteiger partial charge in [-0.15, -0.1) is 9.05 Å². The summed E-state index contributed by atoms with van der Waals surface area (Å²) in [6.07, 6.45) is -3.73. The predicted octanol–water partition coefficient (Wildman–Crippen LogP) is 4.73. The second kappa shape index (κ2) is 25.9. The molecule has 3 aliphatic rings. The molecule has 3 fully saturated rings. The van der Waals surface area contributed by atoms with Crippen molar-refractivity contribution in [3.63, 3.8) is 0 Å². The van der Waals surface area contributed by atoms with Crippen LogP contribution in [0.5, 0.6) is 5.88 Å². The number of nitrogens with zero attached hydrogens (tertiary/aromatic N) is 6. The molecule has 1 aliphatic carbocycles. The molecule has 434 valence electrons. The van der Waals surface area contributed by atoms with Gasteiger partial charge in [0, 0.05) is 54.0 Å². The molecule has 5 amide bonds. The number of carbonyl (C=O) groups excluding carboxylic acids is 5. The van der Waals surface area contributed by atoms with Crippen molar-refractivity contribution in [2.45, 2.75) is 122 Å². The Labute approximate surface area is 469 Å². The van der Waals surface area contributed by atoms with Crippen LogP contribution >= 0.6 is 15.0 Å². The monoisotopic (exact) mass is 1180 g/mol. The first-order valence-corrected chi connectivity index (χ1v) is 29.2. The van der Waals surface area contributed by atoms with Crippen molar-refractivity contribution in [3.8, 4) is 5.88 Å². The number of fused-ring (bicyclic) bond motifs is 4. The smallest absolute Gasteiger partial charge is 0.474 e. The number of aromatic nitrogens is 6. The van der Waals surface area contributed by atoms with E-state index in [0.29, 0.717) is 29.1 Å². The van der Waals surface area contributed by atoms with Crippen molar-refractivity contribution in [3.05, 3.63) is 100 Å². The van der Waals surface area contributed by atoms with Crippen LogP contribution in [-0.4, -0.2) is 143 Å². The van der Waals surface area contributed by atoms with E-state index in [0.717, 1.165) is 0 Å². The summed E-state index contributed by atoms with van der Waals surface area (Å²) in [6.45, 7) is 5.15. The van der Waals surface area contributed by atoms with Crippen LogP contribution in [0.1, 0.15) is 82.1 Å². The van der Waals surface area contributed by atoms with Crippen LogP contribution in [0.3, 0.4) is 0 Å². The standard InChI is InChI=1S/C50H61N11O17P2S/c1-26(2)37(56-48(67)76-50(4,5)6)44(65)54-27(3)42(63)55-31-14-12-28(13-15-31)21-71-49(68)60(7)20-29-10-8-9-11-33(29)43(64)58-47-57-41-38(45(66)59-47)53-25-61(41)46-40-39(62)35(75-46)23-73-80(70,81)78-34-19-32(74-36-16-17-51-24-52-36)18-30(34)22-72-79(69)77-40/h8-17,24-27,30,32,34-35,37,39-40,46,62H,18-23H2,1-7H3,(H5-,54,55,56,57,58,59,63,64,65,66,67,70,81)/p+1/t27-,30+,32+,34-,35+,37-,39+,40+,46+,80?/m0/s1. The van der Waals surface area contributed by atoms with Gasteiger partial charge in [-0.25, -0.2) is 24.5 Å². The summed E-state index contributed by atoms with van der Waals surface area (Å²) >= 11 is 5.36. The van der Waals surface area contributed by atoms with E-state index in [1.165, 1.54) is 48.4 Å². The molecule has 8 rings (SSSR count). The number of nitrogens with one attached hydrogen (secondary N) is 5. The number of alkyl carbamates (subject to hydrolysis) is 1. The number of aromatic amines is 1. The second-order valence-corrected chi connectivity index (χ2v) is 24.3. The highest BCUT2D eigenvalue weighted by Crippen LogP contribution is 2.51. The summed E-state index contributed by atoms with van der Waals surface area (Å²) in [5, 5.41) is 22.0. The molecule has 3 aromatic heterocycles. The van der Waals surface area contributed by atoms with Gasteiger partial charge in [-0.3, -0.25) is 34.0 Å². The number of hydrogen-bond donors (Lipinski definition) is 7. The zero-order chi connectivity index (χ0) is 58.3. The number of anilines is 2. The van der Waals surface area contributed by atoms with Gasteiger partial charge in [0.2, 0.25) is 23.6 Å². The normalized spacial score (nSPS) is 24.3. The minimum absolute atomic E-state index is 0.0936. The van der Waals surface area contributed by atoms with Gasteiger partial charge >= 0.3 is 27.2 Å². The van der Waals surface area contributed by atoms with Crippen LogP contribution < -0.4 is 31.6 Å². The van der Waals surface area contributed by atoms with Gasteiger partial charge in [-0.05, 0) is 81.2 Å². The molecule has 11 atom stereocenters. The summed E-state index contributed by atoms with van der Waals surface area (Å²) in [5.41, 5.74) is -0.405. The SMILES string of the molecule is CC(C)[C@H](NC(=O)OC(C)(C)C)C(=O)N[C@@H](C)C(=O)Nc1ccc(COC(=O)N(C)Cc2ccccc2C(=O)Nc2nc3c(ncn3[C@@H]3O[C@@H]4COP(O)(=S)O[C@H]5C[C@H](Oc6ccncn6)C[C@@H]5CO[P+](=O)O[C@@H]3[C@@H]4O)c(=O)[nH]2)cc1. The molecule has 0 radical (unpaired) electrons. The molecule has 2 unspecified atom stereocenters. The average molecular weight is 1180 g/mol. The Morgan fingerprint density at radius 3 is 2.46 bits per heavy atom. The van der Waals surface area contributed by atoms with Crippen LogP contribution in [-0.2, 0) is 71.4 Å². The molecule has 81 heavy (non-hydrogen) atoms. The van der Waals surface area contributed by atoms with E-state index in [1.54, 1.807) is 83.1 Å². The van der Waals surface area contributed by atoms with Gasteiger partial charge in [0.05, 0.1) is 19.0 Å². The molecule has 2 bridgehead atoms. The largest absolute Gasteiger partial charge is 0.697 e. The maximum atomic E-state index is 13.9. The zero-order valence-corrected chi connectivity index (χ0v) is 47.6. The van der Waals surface area contributed by atoms with E-state index in [1.807, 2.05) is 0 Å². The minimum Gasteiger partial charge on any atom is -0.474 e. The Kier molecular flexibility index (Phi) is 19.3. The number of benzene rings is 2. The lowest BCUT2D eigenvalue weighted by molar-refractivity contribution is -0.128. The molecule has 0 spiro atoms. The van der Waals surface area contributed by atoms with Crippen molar-refractivity contribution >= 4 is 79.5 Å². The van der Waals surface area contributed by atoms with E-state index >= 15 is 0 Å². The summed E-state index contributed by atoms with van der Waals surface area (Å²) in [4.78, 5) is 111. The lowest BCUT2D eigenvalue weighted by atomic mass is 10.0. The van der Waals surface area contributed by atoms with Crippen molar-refractivity contribution in [2.75, 3.05) is 30.9 Å². The lowest BCUT2D eigenvalue weighted by Gasteiger charge is -2.26. The first-order valence-electron chi connectivity index (χ1n) is 25.5. The summed E-state index contributed by atoms with van der Waals surface area (Å²) in [5.74, 6) is -2.61. The van der Waals surface area contributed by atoms with Gasteiger partial charge in [-0.1, -0.05) is 44.2 Å². The van der Waals surface area contributed by atoms with E-state index in [2.05, 4.69) is 46.2 Å². The fourth-order valence-corrected chi connectivity index (χ4v) is 11.2. The van der Waals surface area contributed by atoms with Crippen molar-refractivity contribution in [2.24, 2.45) is 11.8 Å². The molecule has 2 saturated heterocycles. The molecule has 7 N–H and O–H groups in total. The topological polar surface area (TPSA) is 357 Å². The van der Waals surface area contributed by atoms with E-state index in [4.69, 9.17) is 48.8 Å². The predicted molar refractivity (Wildman–Crippen MR) is 290 cm³/mol. The summed E-state index contributed by atoms with van der Waals surface area (Å²) in [7, 11) is -1.48. The lowest BCUT2D eigenvalue weighted by Crippen LogP contribution is -2.54. The number of ether oxygens (including phenoxy) is 4. The second-order valence-electron chi connectivity index (χ2n) is 20.6. The Bertz CT molecular complexity index is 3220. The van der Waals surface area contributed by atoms with Crippen molar-refractivity contribution in [1.29, 1.82) is 0 Å². The number of H-pyrrole nitrogens is 1. The maximum Gasteiger partial charge on any atom is 0.697 e. The van der Waals surface area contributed by atoms with Gasteiger partial charge < -0.3 is 58.8 Å². The third-order valence-corrected chi connectivity index (χ3v) is 15.3. The number of imidazole rings is 1. The highest BCUT2D eigenvalue weighted by atomic mass is 32.5. The van der Waals surface area contributed by atoms with Crippen molar-refractivity contribution in [1.82, 2.24) is 45.0 Å². The first-order chi connectivity index (χ1) is 38.4. The number of rotatable bonds is 15. The van der Waals surface area contributed by atoms with E-state index in [-0.39, 0.29) is 54.8 Å². The molecule has 5 heterocycles. The fraction of sp³-hybridized carbons (Fsp3) is 0.480. The third-order valence-electron chi connectivity index (χ3n) is 12.9.